The highest BCUT2D eigenvalue weighted by molar-refractivity contribution is 5.92. The molecule has 1 aromatic carbocycles. The Balaban J connectivity index is 1.97. The van der Waals surface area contributed by atoms with Crippen molar-refractivity contribution in [2.75, 3.05) is 25.0 Å². The molecule has 0 spiro atoms. The molecule has 2 aromatic rings. The number of rotatable bonds is 7. The van der Waals surface area contributed by atoms with Crippen LogP contribution >= 0.6 is 0 Å². The van der Waals surface area contributed by atoms with Crippen LogP contribution in [0.2, 0.25) is 0 Å². The number of likely N-dealkylation sites (N-methyl/N-ethyl adjacent to an activating group) is 1. The van der Waals surface area contributed by atoms with E-state index in [4.69, 9.17) is 0 Å². The summed E-state index contributed by atoms with van der Waals surface area (Å²) in [5.41, 5.74) is 0.329. The third-order valence-electron chi connectivity index (χ3n) is 4.33. The number of alkyl halides is 3. The first-order valence-corrected chi connectivity index (χ1v) is 8.76. The number of pyridine rings is 1. The second-order valence-electron chi connectivity index (χ2n) is 6.39. The molecule has 0 bridgehead atoms. The normalized spacial score (nSPS) is 11.2. The number of hydrogen-bond acceptors (Lipinski definition) is 3. The number of halogens is 3. The van der Waals surface area contributed by atoms with Crippen LogP contribution in [0.25, 0.3) is 0 Å². The lowest BCUT2D eigenvalue weighted by atomic mass is 10.1. The minimum atomic E-state index is -4.50. The maximum Gasteiger partial charge on any atom is 0.416 e. The van der Waals surface area contributed by atoms with Gasteiger partial charge in [-0.15, -0.1) is 0 Å². The molecule has 0 saturated carbocycles. The van der Waals surface area contributed by atoms with Crippen LogP contribution in [0.15, 0.2) is 48.8 Å². The summed E-state index contributed by atoms with van der Waals surface area (Å²) in [7, 11) is 1.66. The van der Waals surface area contributed by atoms with Gasteiger partial charge in [0.15, 0.2) is 0 Å². The number of carbonyl (C=O) groups excluding carboxylic acids is 2. The Hall–Kier alpha value is -2.90. The smallest absolute Gasteiger partial charge is 0.345 e. The van der Waals surface area contributed by atoms with Crippen molar-refractivity contribution in [3.05, 3.63) is 59.9 Å². The van der Waals surface area contributed by atoms with Crippen LogP contribution < -0.4 is 4.90 Å². The lowest BCUT2D eigenvalue weighted by Gasteiger charge is -2.24. The summed E-state index contributed by atoms with van der Waals surface area (Å²) >= 11 is 0. The SMILES string of the molecule is CC(=O)N(CCC(=O)N(C)CCc1ccncc1)c1cccc(C(F)(F)F)c1. The van der Waals surface area contributed by atoms with E-state index in [1.807, 2.05) is 12.1 Å². The highest BCUT2D eigenvalue weighted by atomic mass is 19.4. The standard InChI is InChI=1S/C20H22F3N3O2/c1-15(27)26(18-5-3-4-17(14-18)20(21,22)23)13-9-19(28)25(2)12-8-16-6-10-24-11-7-16/h3-7,10-11,14H,8-9,12-13H2,1-2H3. The first kappa shape index (κ1) is 21.4. The molecule has 0 unspecified atom stereocenters. The van der Waals surface area contributed by atoms with Gasteiger partial charge in [-0.2, -0.15) is 13.2 Å². The van der Waals surface area contributed by atoms with Crippen molar-refractivity contribution in [1.29, 1.82) is 0 Å². The number of carbonyl (C=O) groups is 2. The molecule has 2 amide bonds. The molecule has 0 saturated heterocycles. The van der Waals surface area contributed by atoms with Crippen LogP contribution in [0.3, 0.4) is 0 Å². The predicted molar refractivity (Wildman–Crippen MR) is 99.7 cm³/mol. The van der Waals surface area contributed by atoms with Crippen molar-refractivity contribution in [2.45, 2.75) is 25.9 Å². The summed E-state index contributed by atoms with van der Waals surface area (Å²) in [5.74, 6) is -0.612. The van der Waals surface area contributed by atoms with E-state index in [9.17, 15) is 22.8 Å². The van der Waals surface area contributed by atoms with Crippen LogP contribution in [0.5, 0.6) is 0 Å². The molecule has 0 radical (unpaired) electrons. The van der Waals surface area contributed by atoms with Crippen molar-refractivity contribution in [2.24, 2.45) is 0 Å². The molecule has 150 valence electrons. The zero-order valence-electron chi connectivity index (χ0n) is 15.7. The summed E-state index contributed by atoms with van der Waals surface area (Å²) in [5, 5.41) is 0. The number of benzene rings is 1. The van der Waals surface area contributed by atoms with E-state index in [0.717, 1.165) is 17.7 Å². The lowest BCUT2D eigenvalue weighted by Crippen LogP contribution is -2.35. The van der Waals surface area contributed by atoms with E-state index in [1.54, 1.807) is 24.3 Å². The second-order valence-corrected chi connectivity index (χ2v) is 6.39. The van der Waals surface area contributed by atoms with Gasteiger partial charge < -0.3 is 9.80 Å². The molecule has 0 aliphatic heterocycles. The van der Waals surface area contributed by atoms with Crippen molar-refractivity contribution < 1.29 is 22.8 Å². The van der Waals surface area contributed by atoms with Crippen molar-refractivity contribution >= 4 is 17.5 Å². The number of nitrogens with zero attached hydrogens (tertiary/aromatic N) is 3. The summed E-state index contributed by atoms with van der Waals surface area (Å²) in [6, 6.07) is 8.26. The quantitative estimate of drug-likeness (QED) is 0.723. The van der Waals surface area contributed by atoms with Crippen LogP contribution in [0.1, 0.15) is 24.5 Å². The average molecular weight is 393 g/mol. The molecule has 28 heavy (non-hydrogen) atoms. The second kappa shape index (κ2) is 9.34. The molecule has 2 rings (SSSR count). The van der Waals surface area contributed by atoms with Gasteiger partial charge >= 0.3 is 6.18 Å². The van der Waals surface area contributed by atoms with E-state index in [-0.39, 0.29) is 24.6 Å². The minimum Gasteiger partial charge on any atom is -0.345 e. The van der Waals surface area contributed by atoms with Gasteiger partial charge in [-0.05, 0) is 42.3 Å². The number of aromatic nitrogens is 1. The summed E-state index contributed by atoms with van der Waals surface area (Å²) in [6.07, 6.45) is -0.465. The fourth-order valence-corrected chi connectivity index (χ4v) is 2.69. The van der Waals surface area contributed by atoms with Crippen molar-refractivity contribution in [3.63, 3.8) is 0 Å². The van der Waals surface area contributed by atoms with E-state index < -0.39 is 17.6 Å². The fraction of sp³-hybridized carbons (Fsp3) is 0.350. The molecule has 0 aliphatic rings. The Morgan fingerprint density at radius 3 is 2.36 bits per heavy atom. The Kier molecular flexibility index (Phi) is 7.14. The molecule has 0 atom stereocenters. The first-order chi connectivity index (χ1) is 13.2. The fourth-order valence-electron chi connectivity index (χ4n) is 2.69. The van der Waals surface area contributed by atoms with E-state index in [2.05, 4.69) is 4.98 Å². The number of amides is 2. The van der Waals surface area contributed by atoms with E-state index in [0.29, 0.717) is 13.0 Å². The maximum atomic E-state index is 12.9. The Morgan fingerprint density at radius 2 is 1.75 bits per heavy atom. The van der Waals surface area contributed by atoms with Gasteiger partial charge in [0.2, 0.25) is 11.8 Å². The number of anilines is 1. The summed E-state index contributed by atoms with van der Waals surface area (Å²) in [4.78, 5) is 30.9. The van der Waals surface area contributed by atoms with Crippen LogP contribution in [0.4, 0.5) is 18.9 Å². The van der Waals surface area contributed by atoms with Gasteiger partial charge in [-0.25, -0.2) is 0 Å². The molecule has 5 nitrogen and oxygen atoms in total. The van der Waals surface area contributed by atoms with Crippen LogP contribution in [0, 0.1) is 0 Å². The van der Waals surface area contributed by atoms with Gasteiger partial charge in [-0.1, -0.05) is 6.07 Å². The van der Waals surface area contributed by atoms with Crippen LogP contribution in [-0.4, -0.2) is 41.8 Å². The molecule has 0 fully saturated rings. The average Bonchev–Trinajstić information content (AvgIpc) is 2.66. The molecule has 1 aromatic heterocycles. The van der Waals surface area contributed by atoms with Crippen molar-refractivity contribution in [1.82, 2.24) is 9.88 Å². The van der Waals surface area contributed by atoms with Crippen molar-refractivity contribution in [3.8, 4) is 0 Å². The molecular weight excluding hydrogens is 371 g/mol. The first-order valence-electron chi connectivity index (χ1n) is 8.76. The summed E-state index contributed by atoms with van der Waals surface area (Å²) in [6.45, 7) is 1.76. The van der Waals surface area contributed by atoms with Gasteiger partial charge in [-0.3, -0.25) is 14.6 Å². The molecule has 1 heterocycles. The van der Waals surface area contributed by atoms with Gasteiger partial charge in [0, 0.05) is 51.6 Å². The Morgan fingerprint density at radius 1 is 1.07 bits per heavy atom. The maximum absolute atomic E-state index is 12.9. The Bertz CT molecular complexity index is 810. The van der Waals surface area contributed by atoms with Gasteiger partial charge in [0.05, 0.1) is 5.56 Å². The zero-order chi connectivity index (χ0) is 20.7. The summed E-state index contributed by atoms with van der Waals surface area (Å²) < 4.78 is 38.7. The zero-order valence-corrected chi connectivity index (χ0v) is 15.7. The van der Waals surface area contributed by atoms with E-state index in [1.165, 1.54) is 24.0 Å². The van der Waals surface area contributed by atoms with E-state index >= 15 is 0 Å². The highest BCUT2D eigenvalue weighted by Gasteiger charge is 2.31. The molecule has 8 heteroatoms. The Labute approximate surface area is 161 Å². The van der Waals surface area contributed by atoms with Gasteiger partial charge in [0.25, 0.3) is 0 Å². The molecule has 0 N–H and O–H groups in total. The minimum absolute atomic E-state index is 0.00900. The van der Waals surface area contributed by atoms with Gasteiger partial charge in [0.1, 0.15) is 0 Å². The number of hydrogen-bond donors (Lipinski definition) is 0. The molecular formula is C20H22F3N3O2. The third-order valence-corrected chi connectivity index (χ3v) is 4.33. The predicted octanol–water partition coefficient (Wildman–Crippen LogP) is 3.54. The highest BCUT2D eigenvalue weighted by Crippen LogP contribution is 2.31. The van der Waals surface area contributed by atoms with Crippen LogP contribution in [-0.2, 0) is 22.2 Å². The largest absolute Gasteiger partial charge is 0.416 e. The topological polar surface area (TPSA) is 53.5 Å². The monoisotopic (exact) mass is 393 g/mol. The third kappa shape index (κ3) is 6.07. The molecule has 0 aliphatic carbocycles. The lowest BCUT2D eigenvalue weighted by molar-refractivity contribution is -0.137.